The highest BCUT2D eigenvalue weighted by atomic mass is 32.2. The molecule has 11 heavy (non-hydrogen) atoms. The summed E-state index contributed by atoms with van der Waals surface area (Å²) in [5.41, 5.74) is 0.823. The molecule has 0 aliphatic rings. The summed E-state index contributed by atoms with van der Waals surface area (Å²) in [6.45, 7) is 7.02. The van der Waals surface area contributed by atoms with E-state index in [-0.39, 0.29) is 0 Å². The zero-order chi connectivity index (χ0) is 8.27. The van der Waals surface area contributed by atoms with Gasteiger partial charge in [-0.25, -0.2) is 9.98 Å². The molecule has 0 saturated carbocycles. The molecule has 0 saturated heterocycles. The second kappa shape index (κ2) is 3.39. The van der Waals surface area contributed by atoms with E-state index in [0.717, 1.165) is 10.9 Å². The Morgan fingerprint density at radius 3 is 2.82 bits per heavy atom. The third-order valence-corrected chi connectivity index (χ3v) is 1.82. The van der Waals surface area contributed by atoms with E-state index in [1.54, 1.807) is 6.08 Å². The maximum absolute atomic E-state index is 4.12. The first-order valence-corrected chi connectivity index (χ1v) is 4.27. The Labute approximate surface area is 69.6 Å². The molecule has 0 amide bonds. The number of hydrogen-bond acceptors (Lipinski definition) is 3. The number of H-pyrrole nitrogens is 1. The van der Waals surface area contributed by atoms with Crippen molar-refractivity contribution in [1.29, 1.82) is 0 Å². The third kappa shape index (κ3) is 1.51. The summed E-state index contributed by atoms with van der Waals surface area (Å²) in [7, 11) is 0. The molecule has 0 radical (unpaired) electrons. The number of aliphatic imine (C=N–C) groups is 1. The predicted octanol–water partition coefficient (Wildman–Crippen LogP) is 2.11. The van der Waals surface area contributed by atoms with Crippen LogP contribution in [-0.2, 0) is 0 Å². The van der Waals surface area contributed by atoms with Crippen molar-refractivity contribution >= 4 is 30.4 Å². The van der Waals surface area contributed by atoms with Crippen molar-refractivity contribution < 1.29 is 0 Å². The molecule has 1 N–H and O–H groups in total. The molecule has 0 atom stereocenters. The number of aromatic amines is 1. The van der Waals surface area contributed by atoms with Crippen molar-refractivity contribution in [3.05, 3.63) is 12.3 Å². The van der Waals surface area contributed by atoms with Gasteiger partial charge in [0.05, 0.1) is 5.69 Å². The van der Waals surface area contributed by atoms with Crippen LogP contribution in [0.3, 0.4) is 0 Å². The molecule has 3 nitrogen and oxygen atoms in total. The van der Waals surface area contributed by atoms with Crippen molar-refractivity contribution in [2.75, 3.05) is 6.26 Å². The smallest absolute Gasteiger partial charge is 0.178 e. The lowest BCUT2D eigenvalue weighted by atomic mass is 10.4. The molecule has 1 heterocycles. The van der Waals surface area contributed by atoms with Gasteiger partial charge in [-0.2, -0.15) is 0 Å². The average Bonchev–Trinajstić information content (AvgIpc) is 2.46. The molecule has 4 heteroatoms. The van der Waals surface area contributed by atoms with Crippen molar-refractivity contribution in [2.24, 2.45) is 4.99 Å². The Kier molecular flexibility index (Phi) is 2.48. The summed E-state index contributed by atoms with van der Waals surface area (Å²) in [5.74, 6) is 0.615. The van der Waals surface area contributed by atoms with Gasteiger partial charge in [0.1, 0.15) is 0 Å². The van der Waals surface area contributed by atoms with Crippen molar-refractivity contribution in [3.63, 3.8) is 0 Å². The number of hydrogen-bond donors (Lipinski definition) is 1. The number of aromatic nitrogens is 2. The minimum absolute atomic E-state index is 0.615. The normalized spacial score (nSPS) is 9.55. The lowest BCUT2D eigenvalue weighted by Crippen LogP contribution is -1.70. The highest BCUT2D eigenvalue weighted by molar-refractivity contribution is 7.98. The lowest BCUT2D eigenvalue weighted by Gasteiger charge is -1.83. The molecule has 0 unspecified atom stereocenters. The molecule has 0 aliphatic heterocycles. The van der Waals surface area contributed by atoms with Crippen LogP contribution in [0, 0.1) is 0 Å². The van der Waals surface area contributed by atoms with Crippen LogP contribution in [0.5, 0.6) is 0 Å². The standard InChI is InChI=1S/C7H9N3S/c1-4-5-6(8-2)10-7(9-5)11-3/h4H,1-2H2,3H3,(H,9,10). The highest BCUT2D eigenvalue weighted by Crippen LogP contribution is 2.20. The van der Waals surface area contributed by atoms with Gasteiger partial charge in [-0.1, -0.05) is 18.3 Å². The lowest BCUT2D eigenvalue weighted by molar-refractivity contribution is 1.06. The topological polar surface area (TPSA) is 41.0 Å². The van der Waals surface area contributed by atoms with Crippen LogP contribution in [0.1, 0.15) is 5.69 Å². The second-order valence-corrected chi connectivity index (χ2v) is 2.64. The Bertz CT molecular complexity index is 252. The van der Waals surface area contributed by atoms with Crippen LogP contribution in [0.15, 0.2) is 16.7 Å². The Hall–Kier alpha value is -1.03. The van der Waals surface area contributed by atoms with E-state index in [0.29, 0.717) is 5.82 Å². The van der Waals surface area contributed by atoms with Crippen molar-refractivity contribution in [1.82, 2.24) is 9.97 Å². The average molecular weight is 167 g/mol. The number of nitrogens with one attached hydrogen (secondary N) is 1. The summed E-state index contributed by atoms with van der Waals surface area (Å²) in [5, 5.41) is 0.835. The summed E-state index contributed by atoms with van der Waals surface area (Å²) in [4.78, 5) is 10.9. The van der Waals surface area contributed by atoms with Crippen molar-refractivity contribution in [3.8, 4) is 0 Å². The Morgan fingerprint density at radius 1 is 1.73 bits per heavy atom. The van der Waals surface area contributed by atoms with Gasteiger partial charge in [-0.3, -0.25) is 0 Å². The highest BCUT2D eigenvalue weighted by Gasteiger charge is 2.03. The number of thioether (sulfide) groups is 1. The van der Waals surface area contributed by atoms with E-state index < -0.39 is 0 Å². The second-order valence-electron chi connectivity index (χ2n) is 1.85. The first-order valence-electron chi connectivity index (χ1n) is 3.05. The van der Waals surface area contributed by atoms with Gasteiger partial charge in [-0.05, 0) is 19.0 Å². The molecule has 58 valence electrons. The Balaban J connectivity index is 3.11. The molecule has 0 aromatic carbocycles. The maximum Gasteiger partial charge on any atom is 0.178 e. The summed E-state index contributed by atoms with van der Waals surface area (Å²) in [6, 6.07) is 0. The molecule has 0 fully saturated rings. The molecule has 0 bridgehead atoms. The maximum atomic E-state index is 4.12. The number of nitrogens with zero attached hydrogens (tertiary/aromatic N) is 2. The van der Waals surface area contributed by atoms with E-state index in [1.165, 1.54) is 11.8 Å². The summed E-state index contributed by atoms with van der Waals surface area (Å²) >= 11 is 1.53. The first-order chi connectivity index (χ1) is 5.31. The first kappa shape index (κ1) is 8.07. The molecular weight excluding hydrogens is 158 g/mol. The molecule has 1 aromatic heterocycles. The van der Waals surface area contributed by atoms with Crippen LogP contribution < -0.4 is 0 Å². The Morgan fingerprint density at radius 2 is 2.45 bits per heavy atom. The van der Waals surface area contributed by atoms with Gasteiger partial charge in [0.25, 0.3) is 0 Å². The monoisotopic (exact) mass is 167 g/mol. The SMILES string of the molecule is C=Cc1[nH]c(SC)nc1N=C. The zero-order valence-electron chi connectivity index (χ0n) is 6.29. The van der Waals surface area contributed by atoms with Gasteiger partial charge in [0, 0.05) is 0 Å². The minimum atomic E-state index is 0.615. The molecule has 0 aliphatic carbocycles. The summed E-state index contributed by atoms with van der Waals surface area (Å²) < 4.78 is 0. The van der Waals surface area contributed by atoms with E-state index in [1.807, 2.05) is 6.26 Å². The fraction of sp³-hybridized carbons (Fsp3) is 0.143. The van der Waals surface area contributed by atoms with Crippen LogP contribution in [0.4, 0.5) is 5.82 Å². The van der Waals surface area contributed by atoms with Crippen LogP contribution >= 0.6 is 11.8 Å². The van der Waals surface area contributed by atoms with Gasteiger partial charge in [0.2, 0.25) is 0 Å². The zero-order valence-corrected chi connectivity index (χ0v) is 7.11. The minimum Gasteiger partial charge on any atom is -0.332 e. The van der Waals surface area contributed by atoms with E-state index in [4.69, 9.17) is 0 Å². The van der Waals surface area contributed by atoms with Gasteiger partial charge < -0.3 is 4.98 Å². The molecular formula is C7H9N3S. The summed E-state index contributed by atoms with van der Waals surface area (Å²) in [6.07, 6.45) is 3.62. The number of rotatable bonds is 3. The fourth-order valence-corrected chi connectivity index (χ4v) is 1.10. The predicted molar refractivity (Wildman–Crippen MR) is 49.7 cm³/mol. The number of imidazole rings is 1. The van der Waals surface area contributed by atoms with E-state index in [9.17, 15) is 0 Å². The van der Waals surface area contributed by atoms with Crippen molar-refractivity contribution in [2.45, 2.75) is 5.16 Å². The quantitative estimate of drug-likeness (QED) is 0.553. The van der Waals surface area contributed by atoms with Crippen LogP contribution in [0.2, 0.25) is 0 Å². The van der Waals surface area contributed by atoms with E-state index >= 15 is 0 Å². The van der Waals surface area contributed by atoms with Gasteiger partial charge in [0.15, 0.2) is 11.0 Å². The van der Waals surface area contributed by atoms with E-state index in [2.05, 4.69) is 28.3 Å². The van der Waals surface area contributed by atoms with Gasteiger partial charge in [-0.15, -0.1) is 0 Å². The van der Waals surface area contributed by atoms with Gasteiger partial charge >= 0.3 is 0 Å². The largest absolute Gasteiger partial charge is 0.332 e. The molecule has 1 rings (SSSR count). The van der Waals surface area contributed by atoms with Crippen LogP contribution in [0.25, 0.3) is 6.08 Å². The fourth-order valence-electron chi connectivity index (χ4n) is 0.715. The third-order valence-electron chi connectivity index (χ3n) is 1.24. The molecule has 0 spiro atoms. The van der Waals surface area contributed by atoms with Crippen LogP contribution in [-0.4, -0.2) is 22.9 Å². The molecule has 1 aromatic rings.